The third-order valence-corrected chi connectivity index (χ3v) is 6.61. The van der Waals surface area contributed by atoms with E-state index in [-0.39, 0.29) is 36.9 Å². The molecule has 29 heavy (non-hydrogen) atoms. The van der Waals surface area contributed by atoms with Crippen LogP contribution in [0, 0.1) is 11.7 Å². The molecular weight excluding hydrogens is 395 g/mol. The van der Waals surface area contributed by atoms with E-state index in [1.807, 2.05) is 0 Å². The number of hydrogen-bond acceptors (Lipinski definition) is 5. The van der Waals surface area contributed by atoms with Gasteiger partial charge in [-0.3, -0.25) is 9.59 Å². The minimum Gasteiger partial charge on any atom is -0.454 e. The van der Waals surface area contributed by atoms with Gasteiger partial charge < -0.3 is 19.7 Å². The third kappa shape index (κ3) is 3.42. The number of carbonyl (C=O) groups excluding carboxylic acids is 2. The highest BCUT2D eigenvalue weighted by molar-refractivity contribution is 7.99. The standard InChI is InChI=1S/C21H19FN2O4S/c22-13-1-4-19-15(8-13)16(5-6-29-19)23-21(26)12-7-20(25)24(10-12)14-2-3-17-18(9-14)28-11-27-17/h1-4,8-9,12,16H,5-7,10-11H2,(H,23,26)/t12-,16-/m1/s1. The second-order valence-electron chi connectivity index (χ2n) is 7.32. The maximum atomic E-state index is 13.7. The van der Waals surface area contributed by atoms with Crippen LogP contribution in [-0.4, -0.2) is 30.9 Å². The molecule has 0 radical (unpaired) electrons. The van der Waals surface area contributed by atoms with E-state index in [1.165, 1.54) is 12.1 Å². The number of rotatable bonds is 3. The van der Waals surface area contributed by atoms with Crippen molar-refractivity contribution >= 4 is 29.3 Å². The van der Waals surface area contributed by atoms with Crippen molar-refractivity contribution in [3.8, 4) is 11.5 Å². The first kappa shape index (κ1) is 18.3. The molecule has 0 spiro atoms. The molecule has 0 aliphatic carbocycles. The number of benzene rings is 2. The zero-order valence-corrected chi connectivity index (χ0v) is 16.3. The molecule has 3 aliphatic rings. The molecule has 8 heteroatoms. The molecule has 2 aromatic rings. The molecule has 2 atom stereocenters. The predicted molar refractivity (Wildman–Crippen MR) is 106 cm³/mol. The molecule has 0 saturated carbocycles. The van der Waals surface area contributed by atoms with E-state index < -0.39 is 5.92 Å². The number of thioether (sulfide) groups is 1. The van der Waals surface area contributed by atoms with E-state index in [4.69, 9.17) is 9.47 Å². The number of nitrogens with zero attached hydrogens (tertiary/aromatic N) is 1. The summed E-state index contributed by atoms with van der Waals surface area (Å²) in [5.41, 5.74) is 1.50. The van der Waals surface area contributed by atoms with Gasteiger partial charge in [-0.25, -0.2) is 4.39 Å². The Morgan fingerprint density at radius 1 is 1.17 bits per heavy atom. The van der Waals surface area contributed by atoms with Gasteiger partial charge in [-0.05, 0) is 42.3 Å². The number of hydrogen-bond donors (Lipinski definition) is 1. The van der Waals surface area contributed by atoms with Gasteiger partial charge in [-0.15, -0.1) is 11.8 Å². The Morgan fingerprint density at radius 2 is 2.03 bits per heavy atom. The molecule has 0 unspecified atom stereocenters. The van der Waals surface area contributed by atoms with Gasteiger partial charge in [0.2, 0.25) is 18.6 Å². The topological polar surface area (TPSA) is 67.9 Å². The van der Waals surface area contributed by atoms with Crippen molar-refractivity contribution in [2.24, 2.45) is 5.92 Å². The van der Waals surface area contributed by atoms with Gasteiger partial charge in [-0.2, -0.15) is 0 Å². The van der Waals surface area contributed by atoms with Crippen molar-refractivity contribution in [3.05, 3.63) is 47.8 Å². The van der Waals surface area contributed by atoms with E-state index in [9.17, 15) is 14.0 Å². The quantitative estimate of drug-likeness (QED) is 0.835. The lowest BCUT2D eigenvalue weighted by Gasteiger charge is -2.27. The van der Waals surface area contributed by atoms with Crippen molar-refractivity contribution < 1.29 is 23.5 Å². The highest BCUT2D eigenvalue weighted by Gasteiger charge is 2.37. The fourth-order valence-electron chi connectivity index (χ4n) is 3.99. The van der Waals surface area contributed by atoms with E-state index in [0.29, 0.717) is 23.7 Å². The summed E-state index contributed by atoms with van der Waals surface area (Å²) in [5.74, 6) is 1.08. The summed E-state index contributed by atoms with van der Waals surface area (Å²) in [4.78, 5) is 28.0. The molecular formula is C21H19FN2O4S. The van der Waals surface area contributed by atoms with Crippen molar-refractivity contribution in [1.82, 2.24) is 5.32 Å². The van der Waals surface area contributed by atoms with Crippen molar-refractivity contribution in [3.63, 3.8) is 0 Å². The molecule has 6 nitrogen and oxygen atoms in total. The highest BCUT2D eigenvalue weighted by atomic mass is 32.2. The summed E-state index contributed by atoms with van der Waals surface area (Å²) in [5, 5.41) is 3.04. The van der Waals surface area contributed by atoms with E-state index >= 15 is 0 Å². The number of carbonyl (C=O) groups is 2. The second-order valence-corrected chi connectivity index (χ2v) is 8.46. The van der Waals surface area contributed by atoms with Crippen LogP contribution >= 0.6 is 11.8 Å². The largest absolute Gasteiger partial charge is 0.454 e. The Balaban J connectivity index is 1.30. The van der Waals surface area contributed by atoms with Crippen LogP contribution in [-0.2, 0) is 9.59 Å². The van der Waals surface area contributed by atoms with Crippen LogP contribution in [0.3, 0.4) is 0 Å². The SMILES string of the molecule is O=C(N[C@@H]1CCSc2ccc(F)cc21)[C@@H]1CC(=O)N(c2ccc3c(c2)OCO3)C1. The fraction of sp³-hybridized carbons (Fsp3) is 0.333. The van der Waals surface area contributed by atoms with Crippen LogP contribution < -0.4 is 19.7 Å². The van der Waals surface area contributed by atoms with Crippen LogP contribution in [0.2, 0.25) is 0 Å². The Kier molecular flexibility index (Phi) is 4.58. The van der Waals surface area contributed by atoms with Crippen LogP contribution in [0.5, 0.6) is 11.5 Å². The molecule has 3 heterocycles. The van der Waals surface area contributed by atoms with Crippen molar-refractivity contribution in [2.45, 2.75) is 23.8 Å². The van der Waals surface area contributed by atoms with E-state index in [0.717, 1.165) is 22.6 Å². The number of halogens is 1. The molecule has 2 amide bonds. The first-order chi connectivity index (χ1) is 14.1. The normalized spacial score (nSPS) is 22.5. The molecule has 0 bridgehead atoms. The molecule has 1 N–H and O–H groups in total. The molecule has 150 valence electrons. The van der Waals surface area contributed by atoms with Crippen molar-refractivity contribution in [2.75, 3.05) is 24.0 Å². The Bertz CT molecular complexity index is 999. The first-order valence-corrected chi connectivity index (χ1v) is 10.5. The zero-order valence-electron chi connectivity index (χ0n) is 15.5. The summed E-state index contributed by atoms with van der Waals surface area (Å²) in [6, 6.07) is 9.78. The monoisotopic (exact) mass is 414 g/mol. The molecule has 1 saturated heterocycles. The lowest BCUT2D eigenvalue weighted by atomic mass is 10.0. The van der Waals surface area contributed by atoms with Crippen LogP contribution in [0.1, 0.15) is 24.4 Å². The Labute approximate surface area is 171 Å². The number of nitrogens with one attached hydrogen (secondary N) is 1. The van der Waals surface area contributed by atoms with Gasteiger partial charge in [0.05, 0.1) is 12.0 Å². The summed E-state index contributed by atoms with van der Waals surface area (Å²) in [6.07, 6.45) is 0.886. The summed E-state index contributed by atoms with van der Waals surface area (Å²) < 4.78 is 24.4. The number of amides is 2. The Morgan fingerprint density at radius 3 is 2.93 bits per heavy atom. The zero-order chi connectivity index (χ0) is 20.0. The summed E-state index contributed by atoms with van der Waals surface area (Å²) in [6.45, 7) is 0.474. The average molecular weight is 414 g/mol. The van der Waals surface area contributed by atoms with Gasteiger partial charge >= 0.3 is 0 Å². The lowest BCUT2D eigenvalue weighted by molar-refractivity contribution is -0.127. The first-order valence-electron chi connectivity index (χ1n) is 9.51. The van der Waals surface area contributed by atoms with Gasteiger partial charge in [0, 0.05) is 35.4 Å². The van der Waals surface area contributed by atoms with Crippen LogP contribution in [0.15, 0.2) is 41.3 Å². The maximum Gasteiger partial charge on any atom is 0.231 e. The number of anilines is 1. The molecule has 2 aromatic carbocycles. The maximum absolute atomic E-state index is 13.7. The summed E-state index contributed by atoms with van der Waals surface area (Å²) in [7, 11) is 0. The minimum absolute atomic E-state index is 0.102. The van der Waals surface area contributed by atoms with E-state index in [2.05, 4.69) is 5.32 Å². The lowest BCUT2D eigenvalue weighted by Crippen LogP contribution is -2.36. The smallest absolute Gasteiger partial charge is 0.231 e. The number of ether oxygens (including phenoxy) is 2. The van der Waals surface area contributed by atoms with Gasteiger partial charge in [0.15, 0.2) is 11.5 Å². The van der Waals surface area contributed by atoms with Crippen molar-refractivity contribution in [1.29, 1.82) is 0 Å². The highest BCUT2D eigenvalue weighted by Crippen LogP contribution is 2.38. The van der Waals surface area contributed by atoms with E-state index in [1.54, 1.807) is 40.9 Å². The third-order valence-electron chi connectivity index (χ3n) is 5.49. The number of fused-ring (bicyclic) bond motifs is 2. The molecule has 3 aliphatic heterocycles. The molecule has 5 rings (SSSR count). The fourth-order valence-corrected chi connectivity index (χ4v) is 5.10. The van der Waals surface area contributed by atoms with Gasteiger partial charge in [0.25, 0.3) is 0 Å². The molecule has 0 aromatic heterocycles. The van der Waals surface area contributed by atoms with Crippen LogP contribution in [0.25, 0.3) is 0 Å². The van der Waals surface area contributed by atoms with Gasteiger partial charge in [0.1, 0.15) is 5.82 Å². The van der Waals surface area contributed by atoms with Crippen LogP contribution in [0.4, 0.5) is 10.1 Å². The minimum atomic E-state index is -0.445. The average Bonchev–Trinajstić information content (AvgIpc) is 3.34. The van der Waals surface area contributed by atoms with Gasteiger partial charge in [-0.1, -0.05) is 0 Å². The summed E-state index contributed by atoms with van der Waals surface area (Å²) >= 11 is 1.67. The molecule has 1 fully saturated rings. The predicted octanol–water partition coefficient (Wildman–Crippen LogP) is 3.26. The Hall–Kier alpha value is -2.74. The second kappa shape index (κ2) is 7.26.